The Labute approximate surface area is 312 Å². The molecule has 0 bridgehead atoms. The van der Waals surface area contributed by atoms with Crippen molar-refractivity contribution in [3.05, 3.63) is 45.9 Å². The van der Waals surface area contributed by atoms with E-state index < -0.39 is 5.75 Å². The summed E-state index contributed by atoms with van der Waals surface area (Å²) in [5.74, 6) is 4.26. The summed E-state index contributed by atoms with van der Waals surface area (Å²) in [6, 6.07) is 3.64. The Bertz CT molecular complexity index is 2130. The molecule has 6 atom stereocenters. The van der Waals surface area contributed by atoms with Gasteiger partial charge in [0.05, 0.1) is 0 Å². The van der Waals surface area contributed by atoms with Gasteiger partial charge in [-0.25, -0.2) is 0 Å². The van der Waals surface area contributed by atoms with E-state index in [1.165, 1.54) is 37.7 Å². The predicted octanol–water partition coefficient (Wildman–Crippen LogP) is 11.6. The molecule has 5 aliphatic rings. The highest BCUT2D eigenvalue weighted by Gasteiger charge is 2.53. The molecule has 53 heavy (non-hydrogen) atoms. The van der Waals surface area contributed by atoms with Gasteiger partial charge < -0.3 is 28.5 Å². The largest absolute Gasteiger partial charge is 0.504 e. The van der Waals surface area contributed by atoms with Gasteiger partial charge in [-0.05, 0) is 97.0 Å². The minimum atomic E-state index is -0.394. The summed E-state index contributed by atoms with van der Waals surface area (Å²) in [5.41, 5.74) is 4.65. The molecule has 2 aromatic heterocycles. The Hall–Kier alpha value is -3.94. The maximum absolute atomic E-state index is 11.9. The van der Waals surface area contributed by atoms with Crippen LogP contribution < -0.4 is 9.47 Å². The van der Waals surface area contributed by atoms with E-state index in [2.05, 4.69) is 61.5 Å². The molecule has 1 aliphatic heterocycles. The summed E-state index contributed by atoms with van der Waals surface area (Å²) in [6.07, 6.45) is 13.1. The van der Waals surface area contributed by atoms with Gasteiger partial charge in [-0.1, -0.05) is 68.2 Å². The van der Waals surface area contributed by atoms with E-state index in [0.717, 1.165) is 66.2 Å². The van der Waals surface area contributed by atoms with Crippen LogP contribution in [0.4, 0.5) is 0 Å². The Morgan fingerprint density at radius 1 is 0.660 bits per heavy atom. The van der Waals surface area contributed by atoms with Crippen LogP contribution >= 0.6 is 0 Å². The van der Waals surface area contributed by atoms with Crippen molar-refractivity contribution in [3.63, 3.8) is 0 Å². The number of furan rings is 2. The number of benzene rings is 2. The average Bonchev–Trinajstić information content (AvgIpc) is 3.79. The van der Waals surface area contributed by atoms with E-state index in [4.69, 9.17) is 18.3 Å². The first-order valence-electron chi connectivity index (χ1n) is 19.9. The van der Waals surface area contributed by atoms with Crippen LogP contribution in [0, 0.1) is 22.7 Å². The molecule has 2 N–H and O–H groups in total. The van der Waals surface area contributed by atoms with Crippen molar-refractivity contribution in [2.24, 2.45) is 22.7 Å². The van der Waals surface area contributed by atoms with Gasteiger partial charge in [0.25, 0.3) is 0 Å². The SMILES string of the molecule is C[C@H]1CC[C@H]2C(C)(C)CCC[C@]2(C)c2c1oc1c(C=O)c(O)c(O)cc21.C[C@H]1CC[C@H]2C(C)(C)CCC[C@]2(C)c2c1oc1c(C=O)c3c(cc21)OCO3. The Balaban J connectivity index is 0.000000151. The minimum absolute atomic E-state index is 0.0514. The highest BCUT2D eigenvalue weighted by atomic mass is 16.7. The third-order valence-corrected chi connectivity index (χ3v) is 14.9. The van der Waals surface area contributed by atoms with Crippen LogP contribution in [0.1, 0.15) is 175 Å². The van der Waals surface area contributed by atoms with E-state index >= 15 is 0 Å². The molecule has 9 rings (SSSR count). The molecule has 284 valence electrons. The van der Waals surface area contributed by atoms with Crippen LogP contribution in [0.25, 0.3) is 21.9 Å². The molecule has 2 saturated carbocycles. The quantitative estimate of drug-likeness (QED) is 0.155. The second-order valence-corrected chi connectivity index (χ2v) is 18.9. The van der Waals surface area contributed by atoms with Crippen LogP contribution in [0.2, 0.25) is 0 Å². The summed E-state index contributed by atoms with van der Waals surface area (Å²) in [7, 11) is 0. The van der Waals surface area contributed by atoms with Crippen molar-refractivity contribution in [2.45, 2.75) is 142 Å². The second-order valence-electron chi connectivity index (χ2n) is 18.9. The molecule has 0 spiro atoms. The van der Waals surface area contributed by atoms with Crippen molar-refractivity contribution in [3.8, 4) is 23.0 Å². The standard InChI is InChI=1S/C23H28O4.C22H28O4/c1-13-6-7-17-22(2,3)8-5-9-23(17,4)18-14-10-16-21(26-12-25-16)15(11-24)20(14)27-19(13)18;1-12-6-7-16-21(2,3)8-5-9-22(16,4)17-13-10-15(24)18(25)14(11-23)20(13)26-19(12)17/h10-11,13,17H,5-9,12H2,1-4H3;10-12,16,24-25H,5-9H2,1-4H3/t13-,17-,23-;12-,16-,22-/m00/s1. The zero-order valence-electron chi connectivity index (χ0n) is 32.7. The molecule has 4 aliphatic carbocycles. The van der Waals surface area contributed by atoms with E-state index in [-0.39, 0.29) is 40.3 Å². The number of carbonyl (C=O) groups excluding carboxylic acids is 2. The highest BCUT2D eigenvalue weighted by Crippen LogP contribution is 2.62. The van der Waals surface area contributed by atoms with Gasteiger partial charge in [-0.2, -0.15) is 0 Å². The van der Waals surface area contributed by atoms with Gasteiger partial charge in [-0.15, -0.1) is 0 Å². The van der Waals surface area contributed by atoms with Gasteiger partial charge in [0.2, 0.25) is 6.79 Å². The molecule has 4 aromatic rings. The Morgan fingerprint density at radius 3 is 1.66 bits per heavy atom. The van der Waals surface area contributed by atoms with Crippen molar-refractivity contribution in [2.75, 3.05) is 6.79 Å². The van der Waals surface area contributed by atoms with Crippen molar-refractivity contribution in [1.82, 2.24) is 0 Å². The molecule has 0 unspecified atom stereocenters. The highest BCUT2D eigenvalue weighted by molar-refractivity contribution is 6.02. The topological polar surface area (TPSA) is 119 Å². The molecule has 2 aromatic carbocycles. The fraction of sp³-hybridized carbons (Fsp3) is 0.600. The fourth-order valence-corrected chi connectivity index (χ4v) is 12.3. The molecule has 8 heteroatoms. The summed E-state index contributed by atoms with van der Waals surface area (Å²) in [4.78, 5) is 23.5. The summed E-state index contributed by atoms with van der Waals surface area (Å²) in [5, 5.41) is 22.2. The molecule has 3 heterocycles. The third-order valence-electron chi connectivity index (χ3n) is 14.9. The lowest BCUT2D eigenvalue weighted by Gasteiger charge is -2.50. The zero-order valence-corrected chi connectivity index (χ0v) is 32.7. The number of phenolic OH excluding ortho intramolecular Hbond substituents is 2. The molecular formula is C45H56O8. The van der Waals surface area contributed by atoms with Crippen LogP contribution in [0.15, 0.2) is 21.0 Å². The van der Waals surface area contributed by atoms with Gasteiger partial charge in [0.15, 0.2) is 35.6 Å². The normalized spacial score (nSPS) is 30.9. The van der Waals surface area contributed by atoms with Gasteiger partial charge in [0.1, 0.15) is 33.8 Å². The predicted molar refractivity (Wildman–Crippen MR) is 205 cm³/mol. The summed E-state index contributed by atoms with van der Waals surface area (Å²) >= 11 is 0. The molecule has 0 amide bonds. The third kappa shape index (κ3) is 5.20. The van der Waals surface area contributed by atoms with E-state index in [9.17, 15) is 19.8 Å². The molecule has 0 radical (unpaired) electrons. The lowest BCUT2D eigenvalue weighted by atomic mass is 9.53. The second kappa shape index (κ2) is 12.3. The van der Waals surface area contributed by atoms with Crippen LogP contribution in [-0.4, -0.2) is 29.6 Å². The average molecular weight is 725 g/mol. The number of ether oxygens (including phenoxy) is 2. The van der Waals surface area contributed by atoms with Crippen LogP contribution in [0.3, 0.4) is 0 Å². The first kappa shape index (κ1) is 36.1. The molecule has 0 saturated heterocycles. The number of hydrogen-bond acceptors (Lipinski definition) is 8. The number of fused-ring (bicyclic) bond motifs is 11. The summed E-state index contributed by atoms with van der Waals surface area (Å²) in [6.45, 7) is 18.9. The Kier molecular flexibility index (Phi) is 8.36. The minimum Gasteiger partial charge on any atom is -0.504 e. The van der Waals surface area contributed by atoms with E-state index in [1.54, 1.807) is 6.07 Å². The lowest BCUT2D eigenvalue weighted by Crippen LogP contribution is -2.44. The molecule has 2 fully saturated rings. The number of aldehydes is 2. The molecule has 8 nitrogen and oxygen atoms in total. The van der Waals surface area contributed by atoms with Gasteiger partial charge in [-0.3, -0.25) is 9.59 Å². The Morgan fingerprint density at radius 2 is 1.15 bits per heavy atom. The van der Waals surface area contributed by atoms with E-state index in [1.807, 2.05) is 0 Å². The lowest BCUT2D eigenvalue weighted by molar-refractivity contribution is 0.0502. The maximum atomic E-state index is 11.9. The monoisotopic (exact) mass is 724 g/mol. The fourth-order valence-electron chi connectivity index (χ4n) is 12.3. The number of carbonyl (C=O) groups is 2. The van der Waals surface area contributed by atoms with Gasteiger partial charge in [0, 0.05) is 33.7 Å². The zero-order chi connectivity index (χ0) is 37.8. The first-order valence-corrected chi connectivity index (χ1v) is 19.9. The number of hydrogen-bond donors (Lipinski definition) is 2. The van der Waals surface area contributed by atoms with Crippen LogP contribution in [0.5, 0.6) is 23.0 Å². The molecular weight excluding hydrogens is 668 g/mol. The van der Waals surface area contributed by atoms with Crippen molar-refractivity contribution >= 4 is 34.5 Å². The first-order chi connectivity index (χ1) is 25.1. The maximum Gasteiger partial charge on any atom is 0.231 e. The van der Waals surface area contributed by atoms with Gasteiger partial charge >= 0.3 is 0 Å². The van der Waals surface area contributed by atoms with Crippen LogP contribution in [-0.2, 0) is 10.8 Å². The number of phenols is 2. The number of aromatic hydroxyl groups is 2. The van der Waals surface area contributed by atoms with E-state index in [0.29, 0.717) is 57.7 Å². The smallest absolute Gasteiger partial charge is 0.231 e. The number of rotatable bonds is 2. The summed E-state index contributed by atoms with van der Waals surface area (Å²) < 4.78 is 23.9. The van der Waals surface area contributed by atoms with Crippen molar-refractivity contribution < 1.29 is 38.1 Å². The van der Waals surface area contributed by atoms with Crippen molar-refractivity contribution in [1.29, 1.82) is 0 Å².